The minimum absolute atomic E-state index is 0.204. The van der Waals surface area contributed by atoms with E-state index in [9.17, 15) is 9.90 Å². The van der Waals surface area contributed by atoms with E-state index in [2.05, 4.69) is 0 Å². The lowest BCUT2D eigenvalue weighted by Gasteiger charge is -2.02. The molecular weight excluding hydrogens is 180 g/mol. The van der Waals surface area contributed by atoms with Gasteiger partial charge in [0.15, 0.2) is 0 Å². The summed E-state index contributed by atoms with van der Waals surface area (Å²) in [5.41, 5.74) is 1.02. The fourth-order valence-corrected chi connectivity index (χ4v) is 1.01. The quantitative estimate of drug-likeness (QED) is 0.665. The van der Waals surface area contributed by atoms with Gasteiger partial charge in [-0.05, 0) is 30.2 Å². The lowest BCUT2D eigenvalue weighted by Crippen LogP contribution is -2.22. The molecule has 0 radical (unpaired) electrons. The average Bonchev–Trinajstić information content (AvgIpc) is 2.19. The van der Waals surface area contributed by atoms with Crippen LogP contribution >= 0.6 is 0 Å². The standard InChI is InChI=1S/C11H12O3/c1-8(11(12)13)7-9-3-5-10(14-2)6-4-9/h3-7H,1-2H3,(H,12,13)/p-1/b8-7+. The number of hydrogen-bond donors (Lipinski definition) is 0. The molecule has 0 aliphatic carbocycles. The predicted octanol–water partition coefficient (Wildman–Crippen LogP) is 0.848. The molecule has 0 spiro atoms. The Morgan fingerprint density at radius 2 is 1.93 bits per heavy atom. The molecule has 74 valence electrons. The van der Waals surface area contributed by atoms with Gasteiger partial charge in [0.25, 0.3) is 0 Å². The highest BCUT2D eigenvalue weighted by molar-refractivity contribution is 5.89. The van der Waals surface area contributed by atoms with Crippen molar-refractivity contribution in [3.8, 4) is 5.75 Å². The molecule has 0 saturated heterocycles. The van der Waals surface area contributed by atoms with E-state index in [1.54, 1.807) is 37.5 Å². The van der Waals surface area contributed by atoms with Crippen LogP contribution in [0.5, 0.6) is 5.75 Å². The van der Waals surface area contributed by atoms with Crippen LogP contribution in [-0.4, -0.2) is 13.1 Å². The molecular formula is C11H11O3-. The Morgan fingerprint density at radius 1 is 1.36 bits per heavy atom. The normalized spacial score (nSPS) is 11.1. The summed E-state index contributed by atoms with van der Waals surface area (Å²) in [7, 11) is 1.58. The number of carbonyl (C=O) groups excluding carboxylic acids is 1. The van der Waals surface area contributed by atoms with Gasteiger partial charge in [0, 0.05) is 0 Å². The van der Waals surface area contributed by atoms with E-state index in [1.807, 2.05) is 0 Å². The van der Waals surface area contributed by atoms with E-state index in [0.29, 0.717) is 0 Å². The number of ether oxygens (including phenoxy) is 1. The maximum atomic E-state index is 10.4. The van der Waals surface area contributed by atoms with E-state index < -0.39 is 5.97 Å². The van der Waals surface area contributed by atoms with E-state index in [0.717, 1.165) is 11.3 Å². The van der Waals surface area contributed by atoms with Crippen molar-refractivity contribution in [2.45, 2.75) is 6.92 Å². The van der Waals surface area contributed by atoms with Crippen LogP contribution < -0.4 is 9.84 Å². The average molecular weight is 191 g/mol. The van der Waals surface area contributed by atoms with Crippen molar-refractivity contribution in [2.75, 3.05) is 7.11 Å². The third-order valence-corrected chi connectivity index (χ3v) is 1.82. The lowest BCUT2D eigenvalue weighted by atomic mass is 10.1. The molecule has 0 N–H and O–H groups in total. The van der Waals surface area contributed by atoms with Crippen LogP contribution in [-0.2, 0) is 4.79 Å². The van der Waals surface area contributed by atoms with Crippen LogP contribution in [0.1, 0.15) is 12.5 Å². The Balaban J connectivity index is 2.88. The Morgan fingerprint density at radius 3 is 2.36 bits per heavy atom. The summed E-state index contributed by atoms with van der Waals surface area (Å²) in [4.78, 5) is 10.4. The van der Waals surface area contributed by atoms with Gasteiger partial charge in [-0.3, -0.25) is 0 Å². The van der Waals surface area contributed by atoms with Crippen molar-refractivity contribution >= 4 is 12.0 Å². The van der Waals surface area contributed by atoms with E-state index in [1.165, 1.54) is 6.92 Å². The SMILES string of the molecule is COc1ccc(/C=C(\C)C(=O)[O-])cc1. The molecule has 0 atom stereocenters. The summed E-state index contributed by atoms with van der Waals surface area (Å²) in [6, 6.07) is 7.11. The minimum Gasteiger partial charge on any atom is -0.545 e. The fourth-order valence-electron chi connectivity index (χ4n) is 1.01. The van der Waals surface area contributed by atoms with Gasteiger partial charge in [-0.2, -0.15) is 0 Å². The summed E-state index contributed by atoms with van der Waals surface area (Å²) < 4.78 is 4.97. The molecule has 0 fully saturated rings. The van der Waals surface area contributed by atoms with E-state index >= 15 is 0 Å². The van der Waals surface area contributed by atoms with Gasteiger partial charge in [0.2, 0.25) is 0 Å². The first-order valence-corrected chi connectivity index (χ1v) is 4.17. The highest BCUT2D eigenvalue weighted by atomic mass is 16.5. The van der Waals surface area contributed by atoms with Gasteiger partial charge in [-0.25, -0.2) is 0 Å². The Hall–Kier alpha value is -1.77. The number of rotatable bonds is 3. The molecule has 1 rings (SSSR count). The second kappa shape index (κ2) is 4.46. The molecule has 3 heteroatoms. The number of aliphatic carboxylic acids is 1. The topological polar surface area (TPSA) is 49.4 Å². The van der Waals surface area contributed by atoms with Gasteiger partial charge in [0.05, 0.1) is 13.1 Å². The molecule has 0 saturated carbocycles. The third kappa shape index (κ3) is 2.62. The molecule has 0 aromatic heterocycles. The number of benzene rings is 1. The Kier molecular flexibility index (Phi) is 3.29. The van der Waals surface area contributed by atoms with Crippen molar-refractivity contribution in [2.24, 2.45) is 0 Å². The maximum absolute atomic E-state index is 10.4. The first kappa shape index (κ1) is 10.3. The zero-order valence-electron chi connectivity index (χ0n) is 8.11. The molecule has 0 bridgehead atoms. The summed E-state index contributed by atoms with van der Waals surface area (Å²) in [6.45, 7) is 1.50. The predicted molar refractivity (Wildman–Crippen MR) is 51.7 cm³/mol. The van der Waals surface area contributed by atoms with Gasteiger partial charge >= 0.3 is 0 Å². The van der Waals surface area contributed by atoms with Crippen molar-refractivity contribution in [3.05, 3.63) is 35.4 Å². The molecule has 0 amide bonds. The highest BCUT2D eigenvalue weighted by Gasteiger charge is 1.93. The van der Waals surface area contributed by atoms with Gasteiger partial charge < -0.3 is 14.6 Å². The first-order valence-electron chi connectivity index (χ1n) is 4.17. The number of hydrogen-bond acceptors (Lipinski definition) is 3. The van der Waals surface area contributed by atoms with Gasteiger partial charge in [0.1, 0.15) is 5.75 Å². The Labute approximate surface area is 82.6 Å². The first-order chi connectivity index (χ1) is 6.63. The van der Waals surface area contributed by atoms with Crippen LogP contribution in [0, 0.1) is 0 Å². The lowest BCUT2D eigenvalue weighted by molar-refractivity contribution is -0.299. The number of carboxylic acids is 1. The van der Waals surface area contributed by atoms with E-state index in [4.69, 9.17) is 4.74 Å². The molecule has 3 nitrogen and oxygen atoms in total. The van der Waals surface area contributed by atoms with Crippen LogP contribution in [0.15, 0.2) is 29.8 Å². The smallest absolute Gasteiger partial charge is 0.118 e. The molecule has 1 aromatic carbocycles. The molecule has 0 unspecified atom stereocenters. The van der Waals surface area contributed by atoms with E-state index in [-0.39, 0.29) is 5.57 Å². The van der Waals surface area contributed by atoms with Crippen LogP contribution in [0.3, 0.4) is 0 Å². The van der Waals surface area contributed by atoms with Crippen molar-refractivity contribution in [1.82, 2.24) is 0 Å². The molecule has 0 aliphatic heterocycles. The highest BCUT2D eigenvalue weighted by Crippen LogP contribution is 2.13. The van der Waals surface area contributed by atoms with Crippen molar-refractivity contribution in [3.63, 3.8) is 0 Å². The third-order valence-electron chi connectivity index (χ3n) is 1.82. The molecule has 0 heterocycles. The fraction of sp³-hybridized carbons (Fsp3) is 0.182. The second-order valence-electron chi connectivity index (χ2n) is 2.89. The zero-order chi connectivity index (χ0) is 10.6. The molecule has 1 aromatic rings. The number of carboxylic acid groups (broad SMARTS) is 1. The van der Waals surface area contributed by atoms with Crippen LogP contribution in [0.4, 0.5) is 0 Å². The number of methoxy groups -OCH3 is 1. The van der Waals surface area contributed by atoms with Crippen LogP contribution in [0.2, 0.25) is 0 Å². The van der Waals surface area contributed by atoms with Crippen molar-refractivity contribution in [1.29, 1.82) is 0 Å². The van der Waals surface area contributed by atoms with Gasteiger partial charge in [-0.1, -0.05) is 18.2 Å². The Bertz CT molecular complexity index is 349. The van der Waals surface area contributed by atoms with Crippen LogP contribution in [0.25, 0.3) is 6.08 Å². The second-order valence-corrected chi connectivity index (χ2v) is 2.89. The summed E-state index contributed by atoms with van der Waals surface area (Å²) in [5, 5.41) is 10.4. The minimum atomic E-state index is -1.15. The van der Waals surface area contributed by atoms with Crippen molar-refractivity contribution < 1.29 is 14.6 Å². The maximum Gasteiger partial charge on any atom is 0.118 e. The molecule has 0 aliphatic rings. The van der Waals surface area contributed by atoms with Gasteiger partial charge in [-0.15, -0.1) is 0 Å². The molecule has 14 heavy (non-hydrogen) atoms. The summed E-state index contributed by atoms with van der Waals surface area (Å²) >= 11 is 0. The largest absolute Gasteiger partial charge is 0.545 e. The number of carbonyl (C=O) groups is 1. The zero-order valence-corrected chi connectivity index (χ0v) is 8.11. The summed E-state index contributed by atoms with van der Waals surface area (Å²) in [5.74, 6) is -0.408. The monoisotopic (exact) mass is 191 g/mol. The summed E-state index contributed by atoms with van der Waals surface area (Å²) in [6.07, 6.45) is 1.55.